The van der Waals surface area contributed by atoms with Crippen LogP contribution in [0.1, 0.15) is 17.5 Å². The van der Waals surface area contributed by atoms with Gasteiger partial charge in [-0.25, -0.2) is 0 Å². The normalized spacial score (nSPS) is 14.3. The van der Waals surface area contributed by atoms with Crippen molar-refractivity contribution in [2.75, 3.05) is 36.9 Å². The van der Waals surface area contributed by atoms with Crippen LogP contribution in [0.25, 0.3) is 0 Å². The van der Waals surface area contributed by atoms with Gasteiger partial charge in [-0.1, -0.05) is 36.4 Å². The molecular weight excluding hydrogens is 314 g/mol. The zero-order chi connectivity index (χ0) is 17.5. The van der Waals surface area contributed by atoms with Crippen molar-refractivity contribution in [1.29, 1.82) is 0 Å². The molecule has 0 atom stereocenters. The zero-order valence-corrected chi connectivity index (χ0v) is 14.4. The Kier molecular flexibility index (Phi) is 5.90. The number of nitrogen functional groups attached to an aromatic ring is 1. The average molecular weight is 339 g/mol. The van der Waals surface area contributed by atoms with Gasteiger partial charge in [0.1, 0.15) is 0 Å². The smallest absolute Gasteiger partial charge is 0.220 e. The molecule has 3 rings (SSSR count). The summed E-state index contributed by atoms with van der Waals surface area (Å²) < 4.78 is 5.42. The molecular formula is C20H25N3O2. The Morgan fingerprint density at radius 2 is 1.72 bits per heavy atom. The highest BCUT2D eigenvalue weighted by atomic mass is 16.5. The first-order chi connectivity index (χ1) is 12.2. The number of hydrogen-bond acceptors (Lipinski definition) is 4. The van der Waals surface area contributed by atoms with E-state index in [0.29, 0.717) is 19.4 Å². The molecule has 1 heterocycles. The fourth-order valence-electron chi connectivity index (χ4n) is 3.07. The average Bonchev–Trinajstić information content (AvgIpc) is 2.66. The van der Waals surface area contributed by atoms with Crippen LogP contribution in [0.15, 0.2) is 48.5 Å². The number of nitrogens with two attached hydrogens (primary N) is 1. The first-order valence-corrected chi connectivity index (χ1v) is 8.75. The molecule has 0 bridgehead atoms. The number of anilines is 2. The number of para-hydroxylation sites is 2. The van der Waals surface area contributed by atoms with Gasteiger partial charge in [0, 0.05) is 37.4 Å². The van der Waals surface area contributed by atoms with E-state index in [1.54, 1.807) is 0 Å². The summed E-state index contributed by atoms with van der Waals surface area (Å²) in [5, 5.41) is 3.03. The second-order valence-corrected chi connectivity index (χ2v) is 6.20. The maximum absolute atomic E-state index is 12.2. The van der Waals surface area contributed by atoms with Crippen molar-refractivity contribution in [3.05, 3.63) is 59.7 Å². The molecule has 1 fully saturated rings. The van der Waals surface area contributed by atoms with E-state index in [9.17, 15) is 4.79 Å². The van der Waals surface area contributed by atoms with E-state index in [1.807, 2.05) is 36.4 Å². The summed E-state index contributed by atoms with van der Waals surface area (Å²) in [5.41, 5.74) is 10.0. The maximum Gasteiger partial charge on any atom is 0.220 e. The fourth-order valence-corrected chi connectivity index (χ4v) is 3.07. The lowest BCUT2D eigenvalue weighted by Crippen LogP contribution is -2.37. The lowest BCUT2D eigenvalue weighted by atomic mass is 10.1. The van der Waals surface area contributed by atoms with Crippen molar-refractivity contribution < 1.29 is 9.53 Å². The third-order valence-electron chi connectivity index (χ3n) is 4.50. The third-order valence-corrected chi connectivity index (χ3v) is 4.50. The highest BCUT2D eigenvalue weighted by molar-refractivity contribution is 5.76. The van der Waals surface area contributed by atoms with Gasteiger partial charge in [0.15, 0.2) is 0 Å². The molecule has 1 amide bonds. The van der Waals surface area contributed by atoms with E-state index in [-0.39, 0.29) is 5.91 Å². The molecule has 5 heteroatoms. The number of ether oxygens (including phenoxy) is 1. The number of aryl methyl sites for hydroxylation is 1. The quantitative estimate of drug-likeness (QED) is 0.793. The summed E-state index contributed by atoms with van der Waals surface area (Å²) in [6.07, 6.45) is 1.09. The Labute approximate surface area is 148 Å². The van der Waals surface area contributed by atoms with E-state index >= 15 is 0 Å². The lowest BCUT2D eigenvalue weighted by molar-refractivity contribution is -0.121. The third kappa shape index (κ3) is 4.73. The molecule has 1 saturated heterocycles. The molecule has 0 aliphatic carbocycles. The molecule has 132 valence electrons. The van der Waals surface area contributed by atoms with Crippen molar-refractivity contribution in [3.63, 3.8) is 0 Å². The number of rotatable bonds is 6. The molecule has 0 aromatic heterocycles. The van der Waals surface area contributed by atoms with Crippen LogP contribution in [-0.2, 0) is 22.5 Å². The molecule has 0 saturated carbocycles. The number of nitrogens with one attached hydrogen (secondary N) is 1. The number of hydrogen-bond donors (Lipinski definition) is 2. The van der Waals surface area contributed by atoms with Crippen molar-refractivity contribution in [1.82, 2.24) is 5.32 Å². The Bertz CT molecular complexity index is 712. The van der Waals surface area contributed by atoms with Gasteiger partial charge in [-0.3, -0.25) is 4.79 Å². The molecule has 1 aliphatic rings. The second-order valence-electron chi connectivity index (χ2n) is 6.20. The number of morpholine rings is 1. The van der Waals surface area contributed by atoms with Crippen molar-refractivity contribution >= 4 is 17.3 Å². The van der Waals surface area contributed by atoms with E-state index in [1.165, 1.54) is 5.69 Å². The summed E-state index contributed by atoms with van der Waals surface area (Å²) in [6, 6.07) is 15.9. The van der Waals surface area contributed by atoms with Crippen LogP contribution >= 0.6 is 0 Å². The van der Waals surface area contributed by atoms with Gasteiger partial charge in [-0.15, -0.1) is 0 Å². The fraction of sp³-hybridized carbons (Fsp3) is 0.350. The zero-order valence-electron chi connectivity index (χ0n) is 14.4. The van der Waals surface area contributed by atoms with Crippen molar-refractivity contribution in [2.45, 2.75) is 19.4 Å². The second kappa shape index (κ2) is 8.53. The molecule has 5 nitrogen and oxygen atoms in total. The number of carbonyl (C=O) groups is 1. The van der Waals surface area contributed by atoms with Gasteiger partial charge < -0.3 is 20.7 Å². The molecule has 0 unspecified atom stereocenters. The SMILES string of the molecule is Nc1ccccc1CCC(=O)NCc1ccccc1N1CCOCC1. The van der Waals surface area contributed by atoms with Crippen LogP contribution in [-0.4, -0.2) is 32.2 Å². The van der Waals surface area contributed by atoms with Gasteiger partial charge in [0.25, 0.3) is 0 Å². The molecule has 2 aromatic carbocycles. The molecule has 2 aromatic rings. The summed E-state index contributed by atoms with van der Waals surface area (Å²) >= 11 is 0. The highest BCUT2D eigenvalue weighted by Crippen LogP contribution is 2.21. The van der Waals surface area contributed by atoms with Crippen molar-refractivity contribution in [3.8, 4) is 0 Å². The van der Waals surface area contributed by atoms with Gasteiger partial charge in [0.05, 0.1) is 13.2 Å². The summed E-state index contributed by atoms with van der Waals surface area (Å²) in [5.74, 6) is 0.0417. The minimum atomic E-state index is 0.0417. The Balaban J connectivity index is 1.54. The summed E-state index contributed by atoms with van der Waals surface area (Å²) in [4.78, 5) is 14.5. The van der Waals surface area contributed by atoms with E-state index in [0.717, 1.165) is 43.1 Å². The topological polar surface area (TPSA) is 67.6 Å². The number of carbonyl (C=O) groups excluding carboxylic acids is 1. The van der Waals surface area contributed by atoms with Crippen LogP contribution in [0.4, 0.5) is 11.4 Å². The molecule has 1 aliphatic heterocycles. The number of nitrogens with zero attached hydrogens (tertiary/aromatic N) is 1. The molecule has 0 radical (unpaired) electrons. The van der Waals surface area contributed by atoms with Crippen LogP contribution in [0.5, 0.6) is 0 Å². The Morgan fingerprint density at radius 3 is 2.48 bits per heavy atom. The van der Waals surface area contributed by atoms with Crippen molar-refractivity contribution in [2.24, 2.45) is 0 Å². The Morgan fingerprint density at radius 1 is 1.04 bits per heavy atom. The highest BCUT2D eigenvalue weighted by Gasteiger charge is 2.14. The van der Waals surface area contributed by atoms with Crippen LogP contribution in [0.2, 0.25) is 0 Å². The lowest BCUT2D eigenvalue weighted by Gasteiger charge is -2.30. The minimum absolute atomic E-state index is 0.0417. The first kappa shape index (κ1) is 17.3. The van der Waals surface area contributed by atoms with Gasteiger partial charge in [-0.2, -0.15) is 0 Å². The number of amides is 1. The molecule has 0 spiro atoms. The van der Waals surface area contributed by atoms with Crippen LogP contribution < -0.4 is 16.0 Å². The van der Waals surface area contributed by atoms with E-state index < -0.39 is 0 Å². The largest absolute Gasteiger partial charge is 0.399 e. The van der Waals surface area contributed by atoms with Gasteiger partial charge in [-0.05, 0) is 29.7 Å². The predicted molar refractivity (Wildman–Crippen MR) is 100 cm³/mol. The first-order valence-electron chi connectivity index (χ1n) is 8.75. The van der Waals surface area contributed by atoms with E-state index in [4.69, 9.17) is 10.5 Å². The van der Waals surface area contributed by atoms with Crippen LogP contribution in [0.3, 0.4) is 0 Å². The predicted octanol–water partition coefficient (Wildman–Crippen LogP) is 2.35. The summed E-state index contributed by atoms with van der Waals surface area (Å²) in [7, 11) is 0. The minimum Gasteiger partial charge on any atom is -0.399 e. The van der Waals surface area contributed by atoms with Gasteiger partial charge in [0.2, 0.25) is 5.91 Å². The maximum atomic E-state index is 12.2. The van der Waals surface area contributed by atoms with Crippen LogP contribution in [0, 0.1) is 0 Å². The monoisotopic (exact) mass is 339 g/mol. The van der Waals surface area contributed by atoms with Gasteiger partial charge >= 0.3 is 0 Å². The summed E-state index contributed by atoms with van der Waals surface area (Å²) in [6.45, 7) is 3.81. The standard InChI is InChI=1S/C20H25N3O2/c21-18-7-3-1-5-16(18)9-10-20(24)22-15-17-6-2-4-8-19(17)23-11-13-25-14-12-23/h1-8H,9-15,21H2,(H,22,24). The molecule has 25 heavy (non-hydrogen) atoms. The van der Waals surface area contributed by atoms with E-state index in [2.05, 4.69) is 22.3 Å². The number of benzene rings is 2. The molecule has 3 N–H and O–H groups in total. The Hall–Kier alpha value is -2.53.